The minimum Gasteiger partial charge on any atom is -0.481 e. The van der Waals surface area contributed by atoms with Crippen LogP contribution in [0.1, 0.15) is 32.1 Å². The van der Waals surface area contributed by atoms with Gasteiger partial charge in [0.1, 0.15) is 18.1 Å². The predicted octanol–water partition coefficient (Wildman–Crippen LogP) is -2.80. The molecule has 0 aromatic heterocycles. The van der Waals surface area contributed by atoms with Gasteiger partial charge in [0.15, 0.2) is 0 Å². The standard InChI is InChI=1S/C18H33N5O8S/c1-32-7-5-10(20)15(27)23-13(9-24)17(29)22-12(8-14(25)26)16(28)21-11(18(30)31)4-2-3-6-19/h10-13,24H,2-9,19-20H2,1H3,(H,21,28)(H,22,29)(H,23,27)(H,25,26)(H,30,31). The Hall–Kier alpha value is -2.42. The van der Waals surface area contributed by atoms with Crippen molar-refractivity contribution in [3.05, 3.63) is 0 Å². The Morgan fingerprint density at radius 3 is 1.94 bits per heavy atom. The molecule has 3 amide bonds. The highest BCUT2D eigenvalue weighted by Gasteiger charge is 2.31. The van der Waals surface area contributed by atoms with Crippen molar-refractivity contribution in [2.45, 2.75) is 56.3 Å². The molecule has 4 atom stereocenters. The summed E-state index contributed by atoms with van der Waals surface area (Å²) >= 11 is 1.47. The quantitative estimate of drug-likeness (QED) is 0.0992. The third-order valence-corrected chi connectivity index (χ3v) is 5.00. The van der Waals surface area contributed by atoms with E-state index in [2.05, 4.69) is 16.0 Å². The number of hydrogen-bond acceptors (Lipinski definition) is 9. The number of carbonyl (C=O) groups excluding carboxylic acids is 3. The molecule has 14 heteroatoms. The molecule has 32 heavy (non-hydrogen) atoms. The Bertz CT molecular complexity index is 651. The van der Waals surface area contributed by atoms with Gasteiger partial charge in [0.25, 0.3) is 0 Å². The SMILES string of the molecule is CSCCC(N)C(=O)NC(CO)C(=O)NC(CC(=O)O)C(=O)NC(CCCCN)C(=O)O. The molecule has 0 aromatic rings. The molecule has 184 valence electrons. The van der Waals surface area contributed by atoms with Crippen molar-refractivity contribution in [1.82, 2.24) is 16.0 Å². The van der Waals surface area contributed by atoms with Crippen molar-refractivity contribution in [3.63, 3.8) is 0 Å². The van der Waals surface area contributed by atoms with Crippen LogP contribution in [0.3, 0.4) is 0 Å². The summed E-state index contributed by atoms with van der Waals surface area (Å²) in [6, 6.07) is -5.34. The fraction of sp³-hybridized carbons (Fsp3) is 0.722. The van der Waals surface area contributed by atoms with Crippen molar-refractivity contribution in [2.75, 3.05) is 25.2 Å². The fourth-order valence-electron chi connectivity index (χ4n) is 2.53. The van der Waals surface area contributed by atoms with Crippen LogP contribution in [-0.2, 0) is 24.0 Å². The molecule has 0 spiro atoms. The molecule has 0 saturated heterocycles. The summed E-state index contributed by atoms with van der Waals surface area (Å²) in [5, 5.41) is 34.3. The van der Waals surface area contributed by atoms with Crippen LogP contribution in [0.15, 0.2) is 0 Å². The number of carbonyl (C=O) groups is 5. The summed E-state index contributed by atoms with van der Waals surface area (Å²) in [5.41, 5.74) is 11.1. The number of aliphatic carboxylic acids is 2. The monoisotopic (exact) mass is 479 g/mol. The maximum atomic E-state index is 12.5. The van der Waals surface area contributed by atoms with E-state index >= 15 is 0 Å². The highest BCUT2D eigenvalue weighted by atomic mass is 32.2. The third-order valence-electron chi connectivity index (χ3n) is 4.36. The van der Waals surface area contributed by atoms with Crippen LogP contribution in [0.25, 0.3) is 0 Å². The maximum Gasteiger partial charge on any atom is 0.326 e. The fourth-order valence-corrected chi connectivity index (χ4v) is 3.02. The summed E-state index contributed by atoms with van der Waals surface area (Å²) in [6.07, 6.45) is 2.33. The summed E-state index contributed by atoms with van der Waals surface area (Å²) in [5.74, 6) is -4.89. The van der Waals surface area contributed by atoms with Crippen molar-refractivity contribution in [3.8, 4) is 0 Å². The number of nitrogens with two attached hydrogens (primary N) is 2. The minimum absolute atomic E-state index is 0.0647. The van der Waals surface area contributed by atoms with Gasteiger partial charge in [-0.1, -0.05) is 0 Å². The van der Waals surface area contributed by atoms with Gasteiger partial charge in [-0.2, -0.15) is 11.8 Å². The molecule has 0 aliphatic rings. The van der Waals surface area contributed by atoms with Crippen LogP contribution in [0.5, 0.6) is 0 Å². The number of unbranched alkanes of at least 4 members (excludes halogenated alkanes) is 1. The van der Waals surface area contributed by atoms with E-state index in [1.165, 1.54) is 11.8 Å². The Morgan fingerprint density at radius 1 is 0.875 bits per heavy atom. The van der Waals surface area contributed by atoms with Crippen molar-refractivity contribution < 1.29 is 39.3 Å². The van der Waals surface area contributed by atoms with Gasteiger partial charge < -0.3 is 42.7 Å². The van der Waals surface area contributed by atoms with E-state index in [-0.39, 0.29) is 6.42 Å². The van der Waals surface area contributed by atoms with Crippen LogP contribution in [0.2, 0.25) is 0 Å². The smallest absolute Gasteiger partial charge is 0.326 e. The molecule has 0 saturated carbocycles. The van der Waals surface area contributed by atoms with E-state index < -0.39 is 66.9 Å². The lowest BCUT2D eigenvalue weighted by molar-refractivity contribution is -0.144. The van der Waals surface area contributed by atoms with Crippen LogP contribution >= 0.6 is 11.8 Å². The molecular formula is C18H33N5O8S. The molecular weight excluding hydrogens is 446 g/mol. The van der Waals surface area contributed by atoms with Gasteiger partial charge in [0.2, 0.25) is 17.7 Å². The molecule has 0 aliphatic carbocycles. The Labute approximate surface area is 190 Å². The molecule has 0 bridgehead atoms. The van der Waals surface area contributed by atoms with Crippen LogP contribution in [-0.4, -0.2) is 94.3 Å². The highest BCUT2D eigenvalue weighted by molar-refractivity contribution is 7.98. The number of amides is 3. The van der Waals surface area contributed by atoms with Crippen molar-refractivity contribution in [2.24, 2.45) is 11.5 Å². The topological polar surface area (TPSA) is 234 Å². The second-order valence-corrected chi connectivity index (χ2v) is 7.96. The molecule has 0 aromatic carbocycles. The van der Waals surface area contributed by atoms with Gasteiger partial charge in [-0.05, 0) is 44.2 Å². The first kappa shape index (κ1) is 29.6. The lowest BCUT2D eigenvalue weighted by atomic mass is 10.1. The van der Waals surface area contributed by atoms with E-state index in [1.807, 2.05) is 6.26 Å². The van der Waals surface area contributed by atoms with Crippen molar-refractivity contribution >= 4 is 41.4 Å². The Balaban J connectivity index is 5.18. The van der Waals surface area contributed by atoms with Crippen molar-refractivity contribution in [1.29, 1.82) is 0 Å². The molecule has 13 nitrogen and oxygen atoms in total. The third kappa shape index (κ3) is 11.8. The van der Waals surface area contributed by atoms with Gasteiger partial charge in [-0.15, -0.1) is 0 Å². The molecule has 4 unspecified atom stereocenters. The highest BCUT2D eigenvalue weighted by Crippen LogP contribution is 2.04. The minimum atomic E-state index is -1.63. The van der Waals surface area contributed by atoms with E-state index in [9.17, 15) is 34.2 Å². The maximum absolute atomic E-state index is 12.5. The Morgan fingerprint density at radius 2 is 1.44 bits per heavy atom. The summed E-state index contributed by atoms with van der Waals surface area (Å²) in [4.78, 5) is 59.5. The van der Waals surface area contributed by atoms with E-state index in [4.69, 9.17) is 16.6 Å². The lowest BCUT2D eigenvalue weighted by Crippen LogP contribution is -2.58. The number of aliphatic hydroxyl groups is 1. The Kier molecular flexibility index (Phi) is 15.0. The van der Waals surface area contributed by atoms with Crippen LogP contribution < -0.4 is 27.4 Å². The first-order valence-electron chi connectivity index (χ1n) is 9.98. The number of aliphatic hydroxyl groups excluding tert-OH is 1. The normalized spacial score (nSPS) is 14.5. The van der Waals surface area contributed by atoms with E-state index in [0.717, 1.165) is 0 Å². The lowest BCUT2D eigenvalue weighted by Gasteiger charge is -2.23. The summed E-state index contributed by atoms with van der Waals surface area (Å²) < 4.78 is 0. The molecule has 0 heterocycles. The van der Waals surface area contributed by atoms with Crippen LogP contribution in [0, 0.1) is 0 Å². The number of hydrogen-bond donors (Lipinski definition) is 8. The molecule has 10 N–H and O–H groups in total. The van der Waals surface area contributed by atoms with E-state index in [1.54, 1.807) is 0 Å². The zero-order valence-corrected chi connectivity index (χ0v) is 18.7. The number of nitrogens with one attached hydrogen (secondary N) is 3. The molecule has 0 rings (SSSR count). The molecule has 0 aliphatic heterocycles. The largest absolute Gasteiger partial charge is 0.481 e. The molecule has 0 fully saturated rings. The van der Waals surface area contributed by atoms with Gasteiger partial charge in [-0.3, -0.25) is 19.2 Å². The first-order valence-corrected chi connectivity index (χ1v) is 11.4. The first-order chi connectivity index (χ1) is 15.1. The second kappa shape index (κ2) is 16.2. The van der Waals surface area contributed by atoms with E-state index in [0.29, 0.717) is 31.6 Å². The average molecular weight is 480 g/mol. The summed E-state index contributed by atoms with van der Waals surface area (Å²) in [7, 11) is 0. The van der Waals surface area contributed by atoms with Gasteiger partial charge in [0.05, 0.1) is 19.1 Å². The zero-order chi connectivity index (χ0) is 24.7. The number of rotatable bonds is 17. The van der Waals surface area contributed by atoms with Gasteiger partial charge in [-0.25, -0.2) is 4.79 Å². The van der Waals surface area contributed by atoms with Gasteiger partial charge in [0, 0.05) is 0 Å². The number of carboxylic acids is 2. The molecule has 0 radical (unpaired) electrons. The number of thioether (sulfide) groups is 1. The second-order valence-electron chi connectivity index (χ2n) is 6.97. The summed E-state index contributed by atoms with van der Waals surface area (Å²) in [6.45, 7) is -0.488. The van der Waals surface area contributed by atoms with Gasteiger partial charge >= 0.3 is 11.9 Å². The van der Waals surface area contributed by atoms with Crippen LogP contribution in [0.4, 0.5) is 0 Å². The average Bonchev–Trinajstić information content (AvgIpc) is 2.73. The zero-order valence-electron chi connectivity index (χ0n) is 17.9. The number of carboxylic acid groups (broad SMARTS) is 2. The predicted molar refractivity (Wildman–Crippen MR) is 117 cm³/mol.